The van der Waals surface area contributed by atoms with Crippen LogP contribution in [-0.4, -0.2) is 15.1 Å². The lowest BCUT2D eigenvalue weighted by Gasteiger charge is -2.11. The third kappa shape index (κ3) is 2.46. The zero-order valence-electron chi connectivity index (χ0n) is 11.8. The maximum absolute atomic E-state index is 5.12. The fourth-order valence-corrected chi connectivity index (χ4v) is 5.00. The SMILES string of the molecule is Cc1cc(CSc2ncnc3sc4c(c23)CCCC4)no1. The fourth-order valence-electron chi connectivity index (χ4n) is 2.80. The van der Waals surface area contributed by atoms with Crippen molar-refractivity contribution in [3.63, 3.8) is 0 Å². The molecular weight excluding hydrogens is 302 g/mol. The van der Waals surface area contributed by atoms with Crippen LogP contribution in [0.4, 0.5) is 0 Å². The largest absolute Gasteiger partial charge is 0.361 e. The molecule has 1 aliphatic carbocycles. The minimum Gasteiger partial charge on any atom is -0.361 e. The van der Waals surface area contributed by atoms with Crippen LogP contribution in [0.2, 0.25) is 0 Å². The van der Waals surface area contributed by atoms with Gasteiger partial charge in [0.05, 0.1) is 5.69 Å². The third-order valence-electron chi connectivity index (χ3n) is 3.75. The van der Waals surface area contributed by atoms with Gasteiger partial charge in [0, 0.05) is 22.1 Å². The highest BCUT2D eigenvalue weighted by Crippen LogP contribution is 2.39. The van der Waals surface area contributed by atoms with Crippen LogP contribution in [0.15, 0.2) is 21.9 Å². The van der Waals surface area contributed by atoms with Gasteiger partial charge in [0.1, 0.15) is 21.9 Å². The molecule has 3 aromatic heterocycles. The minimum absolute atomic E-state index is 0.786. The molecule has 3 heterocycles. The molecule has 4 rings (SSSR count). The number of aromatic nitrogens is 3. The van der Waals surface area contributed by atoms with Crippen LogP contribution in [0, 0.1) is 6.92 Å². The Bertz CT molecular complexity index is 793. The molecule has 108 valence electrons. The number of rotatable bonds is 3. The monoisotopic (exact) mass is 317 g/mol. The van der Waals surface area contributed by atoms with Crippen molar-refractivity contribution in [1.29, 1.82) is 0 Å². The summed E-state index contributed by atoms with van der Waals surface area (Å²) in [4.78, 5) is 11.6. The molecule has 0 spiro atoms. The molecule has 0 N–H and O–H groups in total. The Kier molecular flexibility index (Phi) is 3.43. The van der Waals surface area contributed by atoms with Gasteiger partial charge in [-0.2, -0.15) is 0 Å². The molecule has 0 atom stereocenters. The van der Waals surface area contributed by atoms with Crippen LogP contribution >= 0.6 is 23.1 Å². The van der Waals surface area contributed by atoms with Crippen molar-refractivity contribution < 1.29 is 4.52 Å². The van der Waals surface area contributed by atoms with Crippen molar-refractivity contribution in [2.45, 2.75) is 43.4 Å². The van der Waals surface area contributed by atoms with E-state index in [-0.39, 0.29) is 0 Å². The number of fused-ring (bicyclic) bond motifs is 3. The molecule has 0 unspecified atom stereocenters. The molecule has 6 heteroatoms. The summed E-state index contributed by atoms with van der Waals surface area (Å²) in [5, 5.41) is 6.41. The summed E-state index contributed by atoms with van der Waals surface area (Å²) >= 11 is 3.57. The number of aryl methyl sites for hydroxylation is 3. The van der Waals surface area contributed by atoms with E-state index in [2.05, 4.69) is 15.1 Å². The van der Waals surface area contributed by atoms with Crippen LogP contribution in [-0.2, 0) is 18.6 Å². The van der Waals surface area contributed by atoms with Gasteiger partial charge < -0.3 is 4.52 Å². The lowest BCUT2D eigenvalue weighted by atomic mass is 9.97. The molecule has 0 aliphatic heterocycles. The molecule has 0 amide bonds. The Morgan fingerprint density at radius 2 is 2.19 bits per heavy atom. The first-order valence-electron chi connectivity index (χ1n) is 7.11. The van der Waals surface area contributed by atoms with Crippen LogP contribution in [0.3, 0.4) is 0 Å². The van der Waals surface area contributed by atoms with Crippen LogP contribution < -0.4 is 0 Å². The predicted molar refractivity (Wildman–Crippen MR) is 84.9 cm³/mol. The zero-order valence-corrected chi connectivity index (χ0v) is 13.4. The van der Waals surface area contributed by atoms with Crippen LogP contribution in [0.25, 0.3) is 10.2 Å². The van der Waals surface area contributed by atoms with E-state index in [1.807, 2.05) is 24.3 Å². The first-order valence-corrected chi connectivity index (χ1v) is 8.92. The van der Waals surface area contributed by atoms with Gasteiger partial charge >= 0.3 is 0 Å². The summed E-state index contributed by atoms with van der Waals surface area (Å²) in [5.74, 6) is 1.64. The Hall–Kier alpha value is -1.40. The summed E-state index contributed by atoms with van der Waals surface area (Å²) in [6.45, 7) is 1.92. The summed E-state index contributed by atoms with van der Waals surface area (Å²) < 4.78 is 5.12. The molecule has 4 nitrogen and oxygen atoms in total. The summed E-state index contributed by atoms with van der Waals surface area (Å²) in [6, 6.07) is 1.98. The smallest absolute Gasteiger partial charge is 0.133 e. The summed E-state index contributed by atoms with van der Waals surface area (Å²) in [5.41, 5.74) is 2.45. The number of hydrogen-bond donors (Lipinski definition) is 0. The maximum Gasteiger partial charge on any atom is 0.133 e. The third-order valence-corrected chi connectivity index (χ3v) is 5.97. The van der Waals surface area contributed by atoms with E-state index in [0.717, 1.165) is 27.1 Å². The predicted octanol–water partition coefficient (Wildman–Crippen LogP) is 4.16. The normalized spacial score (nSPS) is 14.5. The number of thiophene rings is 1. The Morgan fingerprint density at radius 3 is 3.05 bits per heavy atom. The number of nitrogens with zero attached hydrogens (tertiary/aromatic N) is 3. The number of hydrogen-bond acceptors (Lipinski definition) is 6. The highest BCUT2D eigenvalue weighted by Gasteiger charge is 2.20. The zero-order chi connectivity index (χ0) is 14.2. The molecule has 0 bridgehead atoms. The topological polar surface area (TPSA) is 51.8 Å². The van der Waals surface area contributed by atoms with Crippen molar-refractivity contribution in [3.8, 4) is 0 Å². The number of thioether (sulfide) groups is 1. The van der Waals surface area contributed by atoms with E-state index in [4.69, 9.17) is 4.52 Å². The van der Waals surface area contributed by atoms with Crippen molar-refractivity contribution in [2.24, 2.45) is 0 Å². The van der Waals surface area contributed by atoms with Crippen LogP contribution in [0.5, 0.6) is 0 Å². The highest BCUT2D eigenvalue weighted by molar-refractivity contribution is 7.98. The van der Waals surface area contributed by atoms with Crippen molar-refractivity contribution in [1.82, 2.24) is 15.1 Å². The van der Waals surface area contributed by atoms with E-state index in [1.54, 1.807) is 18.1 Å². The molecule has 0 saturated heterocycles. The van der Waals surface area contributed by atoms with Gasteiger partial charge in [0.15, 0.2) is 0 Å². The Labute approximate surface area is 131 Å². The van der Waals surface area contributed by atoms with E-state index in [0.29, 0.717) is 0 Å². The second-order valence-corrected chi connectivity index (χ2v) is 7.34. The van der Waals surface area contributed by atoms with Gasteiger partial charge in [-0.15, -0.1) is 11.3 Å². The van der Waals surface area contributed by atoms with Crippen molar-refractivity contribution in [3.05, 3.63) is 34.3 Å². The molecule has 21 heavy (non-hydrogen) atoms. The van der Waals surface area contributed by atoms with E-state index in [1.165, 1.54) is 41.5 Å². The molecule has 0 fully saturated rings. The molecule has 0 radical (unpaired) electrons. The second-order valence-electron chi connectivity index (χ2n) is 5.29. The molecule has 0 saturated carbocycles. The first kappa shape index (κ1) is 13.3. The lowest BCUT2D eigenvalue weighted by Crippen LogP contribution is -1.99. The maximum atomic E-state index is 5.12. The summed E-state index contributed by atoms with van der Waals surface area (Å²) in [6.07, 6.45) is 6.62. The van der Waals surface area contributed by atoms with E-state index < -0.39 is 0 Å². The minimum atomic E-state index is 0.786. The van der Waals surface area contributed by atoms with E-state index in [9.17, 15) is 0 Å². The van der Waals surface area contributed by atoms with Crippen molar-refractivity contribution >= 4 is 33.3 Å². The second kappa shape index (κ2) is 5.42. The van der Waals surface area contributed by atoms with E-state index >= 15 is 0 Å². The Balaban J connectivity index is 1.69. The molecule has 3 aromatic rings. The van der Waals surface area contributed by atoms with Gasteiger partial charge in [0.25, 0.3) is 0 Å². The summed E-state index contributed by atoms with van der Waals surface area (Å²) in [7, 11) is 0. The average molecular weight is 317 g/mol. The molecule has 1 aliphatic rings. The standard InChI is InChI=1S/C15H15N3OS2/c1-9-6-10(18-19-9)7-20-14-13-11-4-2-3-5-12(11)21-15(13)17-8-16-14/h6,8H,2-5,7H2,1H3. The van der Waals surface area contributed by atoms with Gasteiger partial charge in [-0.05, 0) is 38.2 Å². The van der Waals surface area contributed by atoms with Gasteiger partial charge in [-0.25, -0.2) is 9.97 Å². The fraction of sp³-hybridized carbons (Fsp3) is 0.400. The van der Waals surface area contributed by atoms with Crippen LogP contribution in [0.1, 0.15) is 34.7 Å². The van der Waals surface area contributed by atoms with Crippen molar-refractivity contribution in [2.75, 3.05) is 0 Å². The van der Waals surface area contributed by atoms with Gasteiger partial charge in [-0.3, -0.25) is 0 Å². The first-order chi connectivity index (χ1) is 10.3. The van der Waals surface area contributed by atoms with Gasteiger partial charge in [0.2, 0.25) is 0 Å². The molecule has 0 aromatic carbocycles. The quantitative estimate of drug-likeness (QED) is 0.536. The lowest BCUT2D eigenvalue weighted by molar-refractivity contribution is 0.393. The highest BCUT2D eigenvalue weighted by atomic mass is 32.2. The van der Waals surface area contributed by atoms with Gasteiger partial charge in [-0.1, -0.05) is 16.9 Å². The Morgan fingerprint density at radius 1 is 1.29 bits per heavy atom. The average Bonchev–Trinajstić information content (AvgIpc) is 3.08. The molecular formula is C15H15N3OS2.